The Kier molecular flexibility index (Phi) is 7.61. The molecule has 5 nitrogen and oxygen atoms in total. The normalized spacial score (nSPS) is 14.4. The van der Waals surface area contributed by atoms with E-state index >= 15 is 0 Å². The van der Waals surface area contributed by atoms with Gasteiger partial charge in [0, 0.05) is 43.7 Å². The number of ketones is 1. The van der Waals surface area contributed by atoms with Gasteiger partial charge in [0.05, 0.1) is 5.56 Å². The van der Waals surface area contributed by atoms with E-state index in [2.05, 4.69) is 6.92 Å². The number of carbonyl (C=O) groups excluding carboxylic acids is 3. The maximum atomic E-state index is 13.2. The molecule has 3 rings (SSSR count). The summed E-state index contributed by atoms with van der Waals surface area (Å²) in [5.74, 6) is -0.140. The van der Waals surface area contributed by atoms with Crippen molar-refractivity contribution in [3.05, 3.63) is 70.8 Å². The number of hydrogen-bond donors (Lipinski definition) is 0. The van der Waals surface area contributed by atoms with Crippen molar-refractivity contribution in [2.45, 2.75) is 39.5 Å². The summed E-state index contributed by atoms with van der Waals surface area (Å²) in [6.07, 6.45) is 3.39. The lowest BCUT2D eigenvalue weighted by atomic mass is 9.93. The molecule has 0 atom stereocenters. The van der Waals surface area contributed by atoms with E-state index in [1.54, 1.807) is 41.3 Å². The van der Waals surface area contributed by atoms with Crippen LogP contribution in [0.25, 0.3) is 0 Å². The van der Waals surface area contributed by atoms with Gasteiger partial charge < -0.3 is 9.80 Å². The molecule has 2 amide bonds. The number of nitrogens with zero attached hydrogens (tertiary/aromatic N) is 2. The number of likely N-dealkylation sites (tertiary alicyclic amines) is 1. The van der Waals surface area contributed by atoms with Crippen molar-refractivity contribution in [1.82, 2.24) is 9.80 Å². The lowest BCUT2D eigenvalue weighted by molar-refractivity contribution is -0.135. The third-order valence-corrected chi connectivity index (χ3v) is 6.07. The summed E-state index contributed by atoms with van der Waals surface area (Å²) >= 11 is 0. The molecule has 0 aliphatic carbocycles. The Labute approximate surface area is 185 Å². The summed E-state index contributed by atoms with van der Waals surface area (Å²) in [5, 5.41) is 0. The number of unbranched alkanes of at least 4 members (excludes halogenated alkanes) is 1. The van der Waals surface area contributed by atoms with E-state index in [4.69, 9.17) is 0 Å². The van der Waals surface area contributed by atoms with Gasteiger partial charge in [-0.15, -0.1) is 0 Å². The van der Waals surface area contributed by atoms with Crippen LogP contribution in [0.15, 0.2) is 48.5 Å². The van der Waals surface area contributed by atoms with Crippen LogP contribution in [0, 0.1) is 12.8 Å². The van der Waals surface area contributed by atoms with Gasteiger partial charge in [-0.2, -0.15) is 0 Å². The fraction of sp³-hybridized carbons (Fsp3) is 0.423. The van der Waals surface area contributed by atoms with Gasteiger partial charge in [0.2, 0.25) is 5.91 Å². The SMILES string of the molecule is CCCCN(C)C(=O)C1CCN(C(=O)c2ccccc2C(=O)c2ccc(C)cc2)CC1. The second-order valence-corrected chi connectivity index (χ2v) is 8.42. The molecule has 5 heteroatoms. The average Bonchev–Trinajstić information content (AvgIpc) is 2.81. The summed E-state index contributed by atoms with van der Waals surface area (Å²) in [5.41, 5.74) is 2.51. The van der Waals surface area contributed by atoms with Crippen molar-refractivity contribution in [3.8, 4) is 0 Å². The summed E-state index contributed by atoms with van der Waals surface area (Å²) < 4.78 is 0. The summed E-state index contributed by atoms with van der Waals surface area (Å²) in [7, 11) is 1.86. The van der Waals surface area contributed by atoms with Crippen molar-refractivity contribution in [1.29, 1.82) is 0 Å². The van der Waals surface area contributed by atoms with Gasteiger partial charge in [-0.1, -0.05) is 61.4 Å². The number of aryl methyl sites for hydroxylation is 1. The Morgan fingerprint density at radius 3 is 2.19 bits per heavy atom. The van der Waals surface area contributed by atoms with Crippen molar-refractivity contribution in [2.24, 2.45) is 5.92 Å². The molecule has 1 aliphatic heterocycles. The molecule has 164 valence electrons. The van der Waals surface area contributed by atoms with Crippen molar-refractivity contribution >= 4 is 17.6 Å². The van der Waals surface area contributed by atoms with Crippen LogP contribution in [0.5, 0.6) is 0 Å². The van der Waals surface area contributed by atoms with Crippen LogP contribution < -0.4 is 0 Å². The van der Waals surface area contributed by atoms with Gasteiger partial charge in [0.1, 0.15) is 0 Å². The third-order valence-electron chi connectivity index (χ3n) is 6.07. The second kappa shape index (κ2) is 10.4. The minimum absolute atomic E-state index is 0.0321. The molecule has 0 unspecified atom stereocenters. The third kappa shape index (κ3) is 5.40. The van der Waals surface area contributed by atoms with Crippen LogP contribution in [0.2, 0.25) is 0 Å². The number of amides is 2. The van der Waals surface area contributed by atoms with Crippen molar-refractivity contribution in [3.63, 3.8) is 0 Å². The molecule has 0 aromatic heterocycles. The van der Waals surface area contributed by atoms with Crippen molar-refractivity contribution in [2.75, 3.05) is 26.7 Å². The standard InChI is InChI=1S/C26H32N2O3/c1-4-5-16-27(3)25(30)21-14-17-28(18-15-21)26(31)23-9-7-6-8-22(23)24(29)20-12-10-19(2)11-13-20/h6-13,21H,4-5,14-18H2,1-3H3. The fourth-order valence-corrected chi connectivity index (χ4v) is 4.05. The lowest BCUT2D eigenvalue weighted by Crippen LogP contribution is -2.44. The molecule has 1 saturated heterocycles. The van der Waals surface area contributed by atoms with E-state index in [1.165, 1.54) is 0 Å². The molecule has 0 bridgehead atoms. The first-order chi connectivity index (χ1) is 14.9. The maximum Gasteiger partial charge on any atom is 0.254 e. The highest BCUT2D eigenvalue weighted by Crippen LogP contribution is 2.23. The Hall–Kier alpha value is -2.95. The highest BCUT2D eigenvalue weighted by molar-refractivity contribution is 6.15. The predicted molar refractivity (Wildman–Crippen MR) is 122 cm³/mol. The Balaban J connectivity index is 1.69. The van der Waals surface area contributed by atoms with Gasteiger partial charge in [0.15, 0.2) is 5.78 Å². The molecule has 0 spiro atoms. The minimum atomic E-state index is -0.147. The summed E-state index contributed by atoms with van der Waals surface area (Å²) in [6.45, 7) is 5.93. The van der Waals surface area contributed by atoms with Crippen LogP contribution in [0.4, 0.5) is 0 Å². The first kappa shape index (κ1) is 22.7. The van der Waals surface area contributed by atoms with Gasteiger partial charge >= 0.3 is 0 Å². The number of rotatable bonds is 7. The van der Waals surface area contributed by atoms with Crippen LogP contribution in [0.1, 0.15) is 64.4 Å². The van der Waals surface area contributed by atoms with E-state index in [0.29, 0.717) is 42.6 Å². The molecular formula is C26H32N2O3. The minimum Gasteiger partial charge on any atom is -0.346 e. The topological polar surface area (TPSA) is 57.7 Å². The van der Waals surface area contributed by atoms with E-state index in [-0.39, 0.29) is 23.5 Å². The number of piperidine rings is 1. The average molecular weight is 421 g/mol. The quantitative estimate of drug-likeness (QED) is 0.626. The van der Waals surface area contributed by atoms with E-state index in [1.807, 2.05) is 31.0 Å². The van der Waals surface area contributed by atoms with Crippen LogP contribution in [-0.2, 0) is 4.79 Å². The van der Waals surface area contributed by atoms with Crippen LogP contribution in [-0.4, -0.2) is 54.1 Å². The molecule has 0 saturated carbocycles. The van der Waals surface area contributed by atoms with Gasteiger partial charge in [-0.3, -0.25) is 14.4 Å². The predicted octanol–water partition coefficient (Wildman–Crippen LogP) is 4.34. The zero-order valence-electron chi connectivity index (χ0n) is 18.8. The number of carbonyl (C=O) groups is 3. The molecule has 0 radical (unpaired) electrons. The Morgan fingerprint density at radius 2 is 1.58 bits per heavy atom. The summed E-state index contributed by atoms with van der Waals surface area (Å²) in [6, 6.07) is 14.4. The lowest BCUT2D eigenvalue weighted by Gasteiger charge is -2.33. The van der Waals surface area contributed by atoms with E-state index < -0.39 is 0 Å². The number of hydrogen-bond acceptors (Lipinski definition) is 3. The highest BCUT2D eigenvalue weighted by Gasteiger charge is 2.30. The Bertz CT molecular complexity index is 928. The molecule has 2 aromatic rings. The zero-order chi connectivity index (χ0) is 22.4. The highest BCUT2D eigenvalue weighted by atomic mass is 16.2. The fourth-order valence-electron chi connectivity index (χ4n) is 4.05. The second-order valence-electron chi connectivity index (χ2n) is 8.42. The number of benzene rings is 2. The van der Waals surface area contributed by atoms with Crippen molar-refractivity contribution < 1.29 is 14.4 Å². The maximum absolute atomic E-state index is 13.2. The van der Waals surface area contributed by atoms with Gasteiger partial charge in [-0.25, -0.2) is 0 Å². The van der Waals surface area contributed by atoms with E-state index in [9.17, 15) is 14.4 Å². The molecular weight excluding hydrogens is 388 g/mol. The van der Waals surface area contributed by atoms with Crippen LogP contribution in [0.3, 0.4) is 0 Å². The van der Waals surface area contributed by atoms with Gasteiger partial charge in [-0.05, 0) is 32.3 Å². The largest absolute Gasteiger partial charge is 0.346 e. The molecule has 1 fully saturated rings. The molecule has 31 heavy (non-hydrogen) atoms. The summed E-state index contributed by atoms with van der Waals surface area (Å²) in [4.78, 5) is 42.5. The first-order valence-corrected chi connectivity index (χ1v) is 11.2. The molecule has 1 heterocycles. The smallest absolute Gasteiger partial charge is 0.254 e. The molecule has 1 aliphatic rings. The monoisotopic (exact) mass is 420 g/mol. The molecule has 2 aromatic carbocycles. The zero-order valence-corrected chi connectivity index (χ0v) is 18.8. The van der Waals surface area contributed by atoms with E-state index in [0.717, 1.165) is 24.9 Å². The van der Waals surface area contributed by atoms with Gasteiger partial charge in [0.25, 0.3) is 5.91 Å². The first-order valence-electron chi connectivity index (χ1n) is 11.2. The molecule has 0 N–H and O–H groups in total. The van der Waals surface area contributed by atoms with Crippen LogP contribution >= 0.6 is 0 Å². The Morgan fingerprint density at radius 1 is 0.968 bits per heavy atom.